The summed E-state index contributed by atoms with van der Waals surface area (Å²) in [6.07, 6.45) is 10.1. The van der Waals surface area contributed by atoms with Crippen molar-refractivity contribution in [3.05, 3.63) is 36.3 Å². The fourth-order valence-corrected chi connectivity index (χ4v) is 2.16. The van der Waals surface area contributed by atoms with Crippen LogP contribution in [0.5, 0.6) is 0 Å². The topological polar surface area (TPSA) is 42.9 Å². The van der Waals surface area contributed by atoms with Crippen LogP contribution in [-0.2, 0) is 0 Å². The summed E-state index contributed by atoms with van der Waals surface area (Å²) in [4.78, 5) is 4.48. The Balaban J connectivity index is 1.63. The Bertz CT molecular complexity index is 401. The first-order valence-electron chi connectivity index (χ1n) is 6.02. The standard InChI is InChI=1S/C12H17N5/c1-2-6-17-10-11(14-15-12(17)3-1)9-16-7-4-13-5-8-16/h1-3,6,10,13-14H,4-5,7-9H2. The molecule has 5 heteroatoms. The summed E-state index contributed by atoms with van der Waals surface area (Å²) in [5, 5.41) is 7.70. The maximum absolute atomic E-state index is 4.34. The third-order valence-corrected chi connectivity index (χ3v) is 3.08. The number of nitrogens with zero attached hydrogens (tertiary/aromatic N) is 3. The molecule has 3 aliphatic rings. The average Bonchev–Trinajstić information content (AvgIpc) is 2.40. The number of hydrogen-bond acceptors (Lipinski definition) is 5. The highest BCUT2D eigenvalue weighted by Gasteiger charge is 2.16. The van der Waals surface area contributed by atoms with Crippen molar-refractivity contribution < 1.29 is 0 Å². The molecule has 17 heavy (non-hydrogen) atoms. The predicted octanol–water partition coefficient (Wildman–Crippen LogP) is 0.0352. The third kappa shape index (κ3) is 2.40. The zero-order chi connectivity index (χ0) is 11.5. The first-order valence-corrected chi connectivity index (χ1v) is 6.02. The summed E-state index contributed by atoms with van der Waals surface area (Å²) in [6.45, 7) is 5.30. The van der Waals surface area contributed by atoms with Crippen molar-refractivity contribution in [2.24, 2.45) is 5.10 Å². The summed E-state index contributed by atoms with van der Waals surface area (Å²) in [7, 11) is 0. The van der Waals surface area contributed by atoms with Gasteiger partial charge in [-0.1, -0.05) is 6.08 Å². The molecule has 0 aromatic rings. The highest BCUT2D eigenvalue weighted by Crippen LogP contribution is 2.10. The largest absolute Gasteiger partial charge is 0.314 e. The first-order chi connectivity index (χ1) is 8.42. The van der Waals surface area contributed by atoms with E-state index in [9.17, 15) is 0 Å². The Morgan fingerprint density at radius 3 is 3.00 bits per heavy atom. The summed E-state index contributed by atoms with van der Waals surface area (Å²) < 4.78 is 0. The number of hydrazone groups is 1. The number of amidine groups is 1. The van der Waals surface area contributed by atoms with Gasteiger partial charge >= 0.3 is 0 Å². The smallest absolute Gasteiger partial charge is 0.156 e. The molecule has 0 saturated carbocycles. The Hall–Kier alpha value is -1.59. The van der Waals surface area contributed by atoms with Crippen LogP contribution in [0, 0.1) is 0 Å². The van der Waals surface area contributed by atoms with Gasteiger partial charge in [-0.3, -0.25) is 10.3 Å². The van der Waals surface area contributed by atoms with Gasteiger partial charge in [-0.15, -0.1) is 0 Å². The second-order valence-electron chi connectivity index (χ2n) is 4.37. The second kappa shape index (κ2) is 4.73. The normalized spacial score (nSPS) is 23.9. The lowest BCUT2D eigenvalue weighted by Gasteiger charge is -2.30. The molecule has 0 radical (unpaired) electrons. The molecule has 1 fully saturated rings. The van der Waals surface area contributed by atoms with Gasteiger partial charge in [-0.05, 0) is 12.2 Å². The van der Waals surface area contributed by atoms with E-state index in [2.05, 4.69) is 26.9 Å². The van der Waals surface area contributed by atoms with Crippen LogP contribution < -0.4 is 10.7 Å². The quantitative estimate of drug-likeness (QED) is 0.704. The van der Waals surface area contributed by atoms with Gasteiger partial charge < -0.3 is 10.2 Å². The van der Waals surface area contributed by atoms with Crippen LogP contribution in [0.1, 0.15) is 0 Å². The van der Waals surface area contributed by atoms with Gasteiger partial charge in [0.1, 0.15) is 0 Å². The van der Waals surface area contributed by atoms with Crippen LogP contribution in [0.25, 0.3) is 0 Å². The van der Waals surface area contributed by atoms with Gasteiger partial charge in [0, 0.05) is 45.1 Å². The highest BCUT2D eigenvalue weighted by atomic mass is 15.4. The molecule has 3 heterocycles. The summed E-state index contributed by atoms with van der Waals surface area (Å²) >= 11 is 0. The van der Waals surface area contributed by atoms with Crippen molar-refractivity contribution in [2.75, 3.05) is 32.7 Å². The monoisotopic (exact) mass is 231 g/mol. The lowest BCUT2D eigenvalue weighted by molar-refractivity contribution is 0.254. The molecule has 0 bridgehead atoms. The average molecular weight is 231 g/mol. The van der Waals surface area contributed by atoms with Gasteiger partial charge in [0.2, 0.25) is 0 Å². The lowest BCUT2D eigenvalue weighted by atomic mass is 10.3. The van der Waals surface area contributed by atoms with Crippen LogP contribution in [0.3, 0.4) is 0 Å². The van der Waals surface area contributed by atoms with Gasteiger partial charge in [0.05, 0.1) is 5.70 Å². The van der Waals surface area contributed by atoms with E-state index >= 15 is 0 Å². The number of hydrogen-bond donors (Lipinski definition) is 2. The van der Waals surface area contributed by atoms with E-state index in [-0.39, 0.29) is 0 Å². The molecular weight excluding hydrogens is 214 g/mol. The maximum Gasteiger partial charge on any atom is 0.156 e. The van der Waals surface area contributed by atoms with E-state index in [1.807, 2.05) is 29.3 Å². The Kier molecular flexibility index (Phi) is 2.94. The maximum atomic E-state index is 4.34. The van der Waals surface area contributed by atoms with Gasteiger partial charge in [0.15, 0.2) is 5.84 Å². The minimum absolute atomic E-state index is 0.937. The third-order valence-electron chi connectivity index (χ3n) is 3.08. The molecule has 0 unspecified atom stereocenters. The summed E-state index contributed by atoms with van der Waals surface area (Å²) in [5.74, 6) is 0.941. The van der Waals surface area contributed by atoms with Crippen molar-refractivity contribution in [1.29, 1.82) is 0 Å². The first kappa shape index (κ1) is 10.6. The molecular formula is C12H17N5. The molecule has 0 amide bonds. The van der Waals surface area contributed by atoms with Gasteiger partial charge in [-0.2, -0.15) is 5.10 Å². The molecule has 0 aromatic carbocycles. The Morgan fingerprint density at radius 1 is 1.24 bits per heavy atom. The lowest BCUT2D eigenvalue weighted by Crippen LogP contribution is -2.45. The van der Waals surface area contributed by atoms with Crippen molar-refractivity contribution in [2.45, 2.75) is 0 Å². The van der Waals surface area contributed by atoms with Crippen LogP contribution in [0.2, 0.25) is 0 Å². The van der Waals surface area contributed by atoms with Crippen molar-refractivity contribution in [3.8, 4) is 0 Å². The van der Waals surface area contributed by atoms with E-state index in [4.69, 9.17) is 0 Å². The molecule has 90 valence electrons. The molecule has 0 spiro atoms. The number of fused-ring (bicyclic) bond motifs is 1. The number of nitrogens with one attached hydrogen (secondary N) is 2. The van der Waals surface area contributed by atoms with Crippen LogP contribution in [0.15, 0.2) is 41.4 Å². The van der Waals surface area contributed by atoms with Gasteiger partial charge in [0.25, 0.3) is 0 Å². The van der Waals surface area contributed by atoms with Crippen molar-refractivity contribution >= 4 is 5.84 Å². The molecule has 3 aliphatic heterocycles. The minimum Gasteiger partial charge on any atom is -0.314 e. The molecule has 2 N–H and O–H groups in total. The van der Waals surface area contributed by atoms with Crippen LogP contribution in [-0.4, -0.2) is 48.4 Å². The Morgan fingerprint density at radius 2 is 2.12 bits per heavy atom. The fraction of sp³-hybridized carbons (Fsp3) is 0.417. The summed E-state index contributed by atoms with van der Waals surface area (Å²) in [6, 6.07) is 0. The predicted molar refractivity (Wildman–Crippen MR) is 68.1 cm³/mol. The molecule has 0 aliphatic carbocycles. The Labute approximate surface area is 101 Å². The molecule has 3 rings (SSSR count). The SMILES string of the molecule is C1=CC2=NNC(CN3CCNCC3)=CN2C=C1. The number of piperazine rings is 1. The molecule has 0 aromatic heterocycles. The van der Waals surface area contributed by atoms with Gasteiger partial charge in [-0.25, -0.2) is 0 Å². The van der Waals surface area contributed by atoms with E-state index < -0.39 is 0 Å². The van der Waals surface area contributed by atoms with Crippen LogP contribution >= 0.6 is 0 Å². The molecule has 5 nitrogen and oxygen atoms in total. The van der Waals surface area contributed by atoms with Crippen LogP contribution in [0.4, 0.5) is 0 Å². The van der Waals surface area contributed by atoms with Crippen molar-refractivity contribution in [3.63, 3.8) is 0 Å². The zero-order valence-corrected chi connectivity index (χ0v) is 9.76. The zero-order valence-electron chi connectivity index (χ0n) is 9.76. The van der Waals surface area contributed by atoms with Crippen molar-refractivity contribution in [1.82, 2.24) is 20.5 Å². The minimum atomic E-state index is 0.937. The van der Waals surface area contributed by atoms with E-state index in [0.717, 1.165) is 44.3 Å². The number of rotatable bonds is 2. The fourth-order valence-electron chi connectivity index (χ4n) is 2.16. The molecule has 0 atom stereocenters. The van der Waals surface area contributed by atoms with E-state index in [1.54, 1.807) is 0 Å². The molecule has 1 saturated heterocycles. The second-order valence-corrected chi connectivity index (χ2v) is 4.37. The number of allylic oxidation sites excluding steroid dienone is 2. The van der Waals surface area contributed by atoms with E-state index in [1.165, 1.54) is 0 Å². The van der Waals surface area contributed by atoms with E-state index in [0.29, 0.717) is 0 Å². The highest BCUT2D eigenvalue weighted by molar-refractivity contribution is 5.96. The summed E-state index contributed by atoms with van der Waals surface area (Å²) in [5.41, 5.74) is 4.27.